The standard InChI is InChI=1S/C19H18N4O2S/c24-18(14-6-7-26-12-14)21-15-8-16-9-17(22-23(16)11-15)19(25)20-10-13-4-2-1-3-5-13/h1-7,9,12,15H,8,10-11H2,(H,20,25)(H,21,24)/t15-/m0/s1. The van der Waals surface area contributed by atoms with Gasteiger partial charge in [-0.1, -0.05) is 30.3 Å². The van der Waals surface area contributed by atoms with E-state index in [2.05, 4.69) is 15.7 Å². The first-order valence-corrected chi connectivity index (χ1v) is 9.35. The lowest BCUT2D eigenvalue weighted by molar-refractivity contribution is 0.0927. The lowest BCUT2D eigenvalue weighted by Crippen LogP contribution is -2.36. The van der Waals surface area contributed by atoms with Crippen LogP contribution in [0.5, 0.6) is 0 Å². The molecule has 7 heteroatoms. The molecule has 4 rings (SSSR count). The summed E-state index contributed by atoms with van der Waals surface area (Å²) in [5.74, 6) is -0.252. The van der Waals surface area contributed by atoms with E-state index in [-0.39, 0.29) is 17.9 Å². The fraction of sp³-hybridized carbons (Fsp3) is 0.211. The molecular weight excluding hydrogens is 348 g/mol. The fourth-order valence-corrected chi connectivity index (χ4v) is 3.68. The number of hydrogen-bond acceptors (Lipinski definition) is 4. The van der Waals surface area contributed by atoms with Gasteiger partial charge in [0.2, 0.25) is 0 Å². The SMILES string of the molecule is O=C(N[C@H]1Cc2cc(C(=O)NCc3ccccc3)nn2C1)c1ccsc1. The van der Waals surface area contributed by atoms with Gasteiger partial charge in [0, 0.05) is 29.6 Å². The average molecular weight is 366 g/mol. The summed E-state index contributed by atoms with van der Waals surface area (Å²) in [7, 11) is 0. The molecular formula is C19H18N4O2S. The van der Waals surface area contributed by atoms with Crippen molar-refractivity contribution in [1.29, 1.82) is 0 Å². The molecule has 0 unspecified atom stereocenters. The lowest BCUT2D eigenvalue weighted by atomic mass is 10.2. The zero-order valence-electron chi connectivity index (χ0n) is 14.0. The van der Waals surface area contributed by atoms with E-state index in [9.17, 15) is 9.59 Å². The first-order chi connectivity index (χ1) is 12.7. The van der Waals surface area contributed by atoms with Crippen molar-refractivity contribution in [2.75, 3.05) is 0 Å². The van der Waals surface area contributed by atoms with Crippen molar-refractivity contribution >= 4 is 23.2 Å². The number of carbonyl (C=O) groups excluding carboxylic acids is 2. The summed E-state index contributed by atoms with van der Waals surface area (Å²) in [4.78, 5) is 24.4. The minimum Gasteiger partial charge on any atom is -0.347 e. The Bertz CT molecular complexity index is 895. The highest BCUT2D eigenvalue weighted by molar-refractivity contribution is 7.08. The summed E-state index contributed by atoms with van der Waals surface area (Å²) in [5, 5.41) is 14.0. The molecule has 0 bridgehead atoms. The highest BCUT2D eigenvalue weighted by atomic mass is 32.1. The van der Waals surface area contributed by atoms with Crippen LogP contribution in [0.15, 0.2) is 53.2 Å². The third-order valence-electron chi connectivity index (χ3n) is 4.36. The van der Waals surface area contributed by atoms with E-state index in [0.717, 1.165) is 11.3 Å². The number of thiophene rings is 1. The van der Waals surface area contributed by atoms with E-state index in [0.29, 0.717) is 30.8 Å². The molecule has 1 aliphatic rings. The van der Waals surface area contributed by atoms with Gasteiger partial charge in [0.15, 0.2) is 0 Å². The molecule has 132 valence electrons. The van der Waals surface area contributed by atoms with Gasteiger partial charge in [-0.15, -0.1) is 0 Å². The van der Waals surface area contributed by atoms with Crippen LogP contribution in [-0.2, 0) is 19.5 Å². The van der Waals surface area contributed by atoms with Crippen molar-refractivity contribution in [3.63, 3.8) is 0 Å². The quantitative estimate of drug-likeness (QED) is 0.727. The predicted molar refractivity (Wildman–Crippen MR) is 99.1 cm³/mol. The van der Waals surface area contributed by atoms with Crippen LogP contribution in [-0.4, -0.2) is 27.6 Å². The Morgan fingerprint density at radius 3 is 2.77 bits per heavy atom. The van der Waals surface area contributed by atoms with Crippen molar-refractivity contribution < 1.29 is 9.59 Å². The summed E-state index contributed by atoms with van der Waals surface area (Å²) < 4.78 is 1.80. The molecule has 0 saturated carbocycles. The van der Waals surface area contributed by atoms with Crippen LogP contribution < -0.4 is 10.6 Å². The smallest absolute Gasteiger partial charge is 0.272 e. The minimum absolute atomic E-state index is 0.00586. The zero-order valence-corrected chi connectivity index (χ0v) is 14.8. The second-order valence-electron chi connectivity index (χ2n) is 6.26. The molecule has 0 spiro atoms. The van der Waals surface area contributed by atoms with E-state index in [1.807, 2.05) is 47.2 Å². The van der Waals surface area contributed by atoms with Gasteiger partial charge < -0.3 is 10.6 Å². The molecule has 0 radical (unpaired) electrons. The maximum atomic E-state index is 12.3. The largest absolute Gasteiger partial charge is 0.347 e. The van der Waals surface area contributed by atoms with Gasteiger partial charge in [-0.2, -0.15) is 16.4 Å². The Labute approximate surface area is 154 Å². The van der Waals surface area contributed by atoms with Crippen LogP contribution in [0.4, 0.5) is 0 Å². The normalized spacial score (nSPS) is 15.5. The van der Waals surface area contributed by atoms with Crippen molar-refractivity contribution in [1.82, 2.24) is 20.4 Å². The average Bonchev–Trinajstić information content (AvgIpc) is 3.36. The van der Waals surface area contributed by atoms with E-state index in [1.54, 1.807) is 10.7 Å². The molecule has 2 amide bonds. The molecule has 1 aliphatic heterocycles. The summed E-state index contributed by atoms with van der Waals surface area (Å²) in [6, 6.07) is 13.4. The van der Waals surface area contributed by atoms with Crippen LogP contribution >= 0.6 is 11.3 Å². The lowest BCUT2D eigenvalue weighted by Gasteiger charge is -2.11. The third-order valence-corrected chi connectivity index (χ3v) is 5.04. The molecule has 1 atom stereocenters. The first-order valence-electron chi connectivity index (χ1n) is 8.41. The topological polar surface area (TPSA) is 76.0 Å². The molecule has 2 N–H and O–H groups in total. The number of nitrogens with zero attached hydrogens (tertiary/aromatic N) is 2. The van der Waals surface area contributed by atoms with Crippen LogP contribution in [0.25, 0.3) is 0 Å². The molecule has 3 aromatic rings. The molecule has 26 heavy (non-hydrogen) atoms. The maximum Gasteiger partial charge on any atom is 0.272 e. The van der Waals surface area contributed by atoms with Crippen molar-refractivity contribution in [3.05, 3.63) is 75.7 Å². The second kappa shape index (κ2) is 7.13. The molecule has 1 aromatic carbocycles. The van der Waals surface area contributed by atoms with E-state index in [4.69, 9.17) is 0 Å². The number of amides is 2. The highest BCUT2D eigenvalue weighted by Crippen LogP contribution is 2.17. The Morgan fingerprint density at radius 1 is 1.19 bits per heavy atom. The van der Waals surface area contributed by atoms with E-state index < -0.39 is 0 Å². The summed E-state index contributed by atoms with van der Waals surface area (Å²) in [5.41, 5.74) is 3.10. The maximum absolute atomic E-state index is 12.3. The van der Waals surface area contributed by atoms with Crippen molar-refractivity contribution in [3.8, 4) is 0 Å². The Kier molecular flexibility index (Phi) is 4.53. The Balaban J connectivity index is 1.33. The van der Waals surface area contributed by atoms with E-state index in [1.165, 1.54) is 11.3 Å². The molecule has 0 fully saturated rings. The van der Waals surface area contributed by atoms with Gasteiger partial charge in [-0.25, -0.2) is 0 Å². The number of hydrogen-bond donors (Lipinski definition) is 2. The molecule has 0 saturated heterocycles. The summed E-state index contributed by atoms with van der Waals surface area (Å²) >= 11 is 1.50. The molecule has 3 heterocycles. The van der Waals surface area contributed by atoms with Gasteiger partial charge in [-0.05, 0) is 23.1 Å². The van der Waals surface area contributed by atoms with Gasteiger partial charge in [0.1, 0.15) is 5.69 Å². The Hall–Kier alpha value is -2.93. The number of carbonyl (C=O) groups is 2. The number of rotatable bonds is 5. The zero-order chi connectivity index (χ0) is 17.9. The predicted octanol–water partition coefficient (Wildman–Crippen LogP) is 2.23. The minimum atomic E-state index is -0.186. The summed E-state index contributed by atoms with van der Waals surface area (Å²) in [6.45, 7) is 1.05. The van der Waals surface area contributed by atoms with Crippen LogP contribution in [0, 0.1) is 0 Å². The number of fused-ring (bicyclic) bond motifs is 1. The third kappa shape index (κ3) is 3.52. The van der Waals surface area contributed by atoms with Crippen LogP contribution in [0.1, 0.15) is 32.1 Å². The number of aromatic nitrogens is 2. The highest BCUT2D eigenvalue weighted by Gasteiger charge is 2.26. The van der Waals surface area contributed by atoms with Gasteiger partial charge in [-0.3, -0.25) is 14.3 Å². The number of nitrogens with one attached hydrogen (secondary N) is 2. The van der Waals surface area contributed by atoms with Crippen molar-refractivity contribution in [2.45, 2.75) is 25.6 Å². The monoisotopic (exact) mass is 366 g/mol. The summed E-state index contributed by atoms with van der Waals surface area (Å²) in [6.07, 6.45) is 0.675. The van der Waals surface area contributed by atoms with Gasteiger partial charge in [0.05, 0.1) is 12.6 Å². The molecule has 0 aliphatic carbocycles. The second-order valence-corrected chi connectivity index (χ2v) is 7.04. The van der Waals surface area contributed by atoms with Crippen LogP contribution in [0.2, 0.25) is 0 Å². The van der Waals surface area contributed by atoms with Crippen LogP contribution in [0.3, 0.4) is 0 Å². The molecule has 6 nitrogen and oxygen atoms in total. The van der Waals surface area contributed by atoms with Crippen molar-refractivity contribution in [2.24, 2.45) is 0 Å². The fourth-order valence-electron chi connectivity index (χ4n) is 3.04. The first kappa shape index (κ1) is 16.5. The van der Waals surface area contributed by atoms with Gasteiger partial charge in [0.25, 0.3) is 11.8 Å². The molecule has 2 aromatic heterocycles. The Morgan fingerprint density at radius 2 is 2.04 bits per heavy atom. The van der Waals surface area contributed by atoms with E-state index >= 15 is 0 Å². The number of benzene rings is 1. The van der Waals surface area contributed by atoms with Gasteiger partial charge >= 0.3 is 0 Å².